The molecule has 1 N–H and O–H groups in total. The molecule has 0 amide bonds. The van der Waals surface area contributed by atoms with E-state index in [9.17, 15) is 0 Å². The molecule has 2 rings (SSSR count). The summed E-state index contributed by atoms with van der Waals surface area (Å²) in [5.74, 6) is 1.72. The van der Waals surface area contributed by atoms with Gasteiger partial charge < -0.3 is 10.1 Å². The Bertz CT molecular complexity index is 354. The maximum Gasteiger partial charge on any atom is 0.146 e. The van der Waals surface area contributed by atoms with Gasteiger partial charge in [-0.15, -0.1) is 0 Å². The summed E-state index contributed by atoms with van der Waals surface area (Å²) in [5, 5.41) is 3.36. The number of rotatable bonds is 3. The van der Waals surface area contributed by atoms with Crippen molar-refractivity contribution in [2.24, 2.45) is 5.92 Å². The van der Waals surface area contributed by atoms with Gasteiger partial charge in [0.15, 0.2) is 0 Å². The third kappa shape index (κ3) is 3.58. The van der Waals surface area contributed by atoms with E-state index in [-0.39, 0.29) is 0 Å². The zero-order valence-electron chi connectivity index (χ0n) is 8.60. The second-order valence-electron chi connectivity index (χ2n) is 3.87. The molecule has 1 heterocycles. The molecule has 1 unspecified atom stereocenters. The van der Waals surface area contributed by atoms with Gasteiger partial charge in [0.1, 0.15) is 5.75 Å². The first-order valence-corrected chi connectivity index (χ1v) is 8.38. The number of halogens is 3. The van der Waals surface area contributed by atoms with E-state index in [2.05, 4.69) is 85.2 Å². The maximum absolute atomic E-state index is 5.95. The Labute approximate surface area is 137 Å². The highest BCUT2D eigenvalue weighted by Gasteiger charge is 2.16. The van der Waals surface area contributed by atoms with Gasteiger partial charge in [0, 0.05) is 16.0 Å². The van der Waals surface area contributed by atoms with Crippen LogP contribution in [-0.4, -0.2) is 19.7 Å². The lowest BCUT2D eigenvalue weighted by Crippen LogP contribution is -2.16. The summed E-state index contributed by atoms with van der Waals surface area (Å²) in [4.78, 5) is 0. The SMILES string of the molecule is Ic1cc(I)c(OCC2CCNC2)c(I)c1. The predicted molar refractivity (Wildman–Crippen MR) is 91.1 cm³/mol. The second-order valence-corrected chi connectivity index (χ2v) is 7.44. The number of nitrogens with one attached hydrogen (secondary N) is 1. The standard InChI is InChI=1S/C11H12I3NO/c12-8-3-9(13)11(10(14)4-8)16-6-7-1-2-15-5-7/h3-4,7,15H,1-2,5-6H2. The Morgan fingerprint density at radius 1 is 1.25 bits per heavy atom. The van der Waals surface area contributed by atoms with Crippen molar-refractivity contribution in [3.63, 3.8) is 0 Å². The largest absolute Gasteiger partial charge is 0.491 e. The minimum absolute atomic E-state index is 0.672. The lowest BCUT2D eigenvalue weighted by atomic mass is 10.1. The van der Waals surface area contributed by atoms with E-state index in [0.717, 1.165) is 25.4 Å². The lowest BCUT2D eigenvalue weighted by molar-refractivity contribution is 0.257. The fourth-order valence-electron chi connectivity index (χ4n) is 1.72. The van der Waals surface area contributed by atoms with Crippen molar-refractivity contribution in [2.75, 3.05) is 19.7 Å². The van der Waals surface area contributed by atoms with Crippen LogP contribution in [0.4, 0.5) is 0 Å². The zero-order valence-corrected chi connectivity index (χ0v) is 15.1. The number of benzene rings is 1. The van der Waals surface area contributed by atoms with Gasteiger partial charge >= 0.3 is 0 Å². The van der Waals surface area contributed by atoms with Gasteiger partial charge in [0.25, 0.3) is 0 Å². The van der Waals surface area contributed by atoms with E-state index in [4.69, 9.17) is 4.74 Å². The highest BCUT2D eigenvalue weighted by Crippen LogP contribution is 2.30. The molecule has 1 aromatic carbocycles. The van der Waals surface area contributed by atoms with Gasteiger partial charge in [0.05, 0.1) is 13.7 Å². The normalized spacial score (nSPS) is 20.1. The van der Waals surface area contributed by atoms with Crippen LogP contribution >= 0.6 is 67.8 Å². The Hall–Kier alpha value is 1.17. The Kier molecular flexibility index (Phi) is 5.41. The average molecular weight is 555 g/mol. The van der Waals surface area contributed by atoms with Gasteiger partial charge in [-0.2, -0.15) is 0 Å². The molecule has 0 radical (unpaired) electrons. The highest BCUT2D eigenvalue weighted by molar-refractivity contribution is 14.1. The van der Waals surface area contributed by atoms with Crippen molar-refractivity contribution in [2.45, 2.75) is 6.42 Å². The molecule has 1 atom stereocenters. The molecule has 1 aliphatic heterocycles. The third-order valence-electron chi connectivity index (χ3n) is 2.59. The summed E-state index contributed by atoms with van der Waals surface area (Å²) in [6, 6.07) is 4.32. The quantitative estimate of drug-likeness (QED) is 0.578. The van der Waals surface area contributed by atoms with Crippen molar-refractivity contribution in [3.05, 3.63) is 22.8 Å². The van der Waals surface area contributed by atoms with Crippen molar-refractivity contribution < 1.29 is 4.74 Å². The second kappa shape index (κ2) is 6.37. The van der Waals surface area contributed by atoms with Crippen molar-refractivity contribution in [1.82, 2.24) is 5.32 Å². The van der Waals surface area contributed by atoms with E-state index >= 15 is 0 Å². The van der Waals surface area contributed by atoms with Gasteiger partial charge in [0.2, 0.25) is 0 Å². The van der Waals surface area contributed by atoms with Gasteiger partial charge in [-0.1, -0.05) is 0 Å². The molecule has 2 nitrogen and oxygen atoms in total. The third-order valence-corrected chi connectivity index (χ3v) is 4.81. The first-order valence-electron chi connectivity index (χ1n) is 5.15. The number of hydrogen-bond donors (Lipinski definition) is 1. The number of ether oxygens (including phenoxy) is 1. The molecule has 1 fully saturated rings. The van der Waals surface area contributed by atoms with Crippen LogP contribution in [-0.2, 0) is 0 Å². The Morgan fingerprint density at radius 3 is 2.50 bits per heavy atom. The molecule has 0 spiro atoms. The van der Waals surface area contributed by atoms with Crippen LogP contribution in [0.15, 0.2) is 12.1 Å². The van der Waals surface area contributed by atoms with Crippen molar-refractivity contribution in [1.29, 1.82) is 0 Å². The van der Waals surface area contributed by atoms with Crippen LogP contribution in [0.2, 0.25) is 0 Å². The van der Waals surface area contributed by atoms with E-state index in [1.807, 2.05) is 0 Å². The van der Waals surface area contributed by atoms with Crippen molar-refractivity contribution in [3.8, 4) is 5.75 Å². The summed E-state index contributed by atoms with van der Waals surface area (Å²) in [6.45, 7) is 3.06. The summed E-state index contributed by atoms with van der Waals surface area (Å²) >= 11 is 7.04. The topological polar surface area (TPSA) is 21.3 Å². The van der Waals surface area contributed by atoms with Crippen molar-refractivity contribution >= 4 is 67.8 Å². The minimum atomic E-state index is 0.672. The molecule has 5 heteroatoms. The van der Waals surface area contributed by atoms with Gasteiger partial charge in [-0.05, 0) is 92.9 Å². The molecule has 1 aromatic rings. The van der Waals surface area contributed by atoms with Crippen LogP contribution in [0.5, 0.6) is 5.75 Å². The molecule has 0 saturated carbocycles. The summed E-state index contributed by atoms with van der Waals surface area (Å²) in [6.07, 6.45) is 1.23. The summed E-state index contributed by atoms with van der Waals surface area (Å²) in [7, 11) is 0. The average Bonchev–Trinajstić information content (AvgIpc) is 2.68. The molecule has 0 aliphatic carbocycles. The van der Waals surface area contributed by atoms with Crippen LogP contribution in [0.25, 0.3) is 0 Å². The molecular weight excluding hydrogens is 543 g/mol. The zero-order chi connectivity index (χ0) is 11.5. The predicted octanol–water partition coefficient (Wildman–Crippen LogP) is 3.49. The first-order chi connectivity index (χ1) is 7.66. The van der Waals surface area contributed by atoms with E-state index in [1.54, 1.807) is 0 Å². The molecule has 1 aliphatic rings. The van der Waals surface area contributed by atoms with Gasteiger partial charge in [-0.25, -0.2) is 0 Å². The van der Waals surface area contributed by atoms with E-state index in [1.165, 1.54) is 17.1 Å². The lowest BCUT2D eigenvalue weighted by Gasteiger charge is -2.14. The fourth-order valence-corrected chi connectivity index (χ4v) is 5.62. The molecule has 0 aromatic heterocycles. The van der Waals surface area contributed by atoms with Crippen LogP contribution in [0.3, 0.4) is 0 Å². The number of hydrogen-bond acceptors (Lipinski definition) is 2. The fraction of sp³-hybridized carbons (Fsp3) is 0.455. The molecule has 0 bridgehead atoms. The summed E-state index contributed by atoms with van der Waals surface area (Å²) in [5.41, 5.74) is 0. The Morgan fingerprint density at radius 2 is 1.94 bits per heavy atom. The maximum atomic E-state index is 5.95. The molecular formula is C11H12I3NO. The highest BCUT2D eigenvalue weighted by atomic mass is 127. The summed E-state index contributed by atoms with van der Waals surface area (Å²) < 4.78 is 9.63. The minimum Gasteiger partial charge on any atom is -0.491 e. The van der Waals surface area contributed by atoms with Gasteiger partial charge in [-0.3, -0.25) is 0 Å². The van der Waals surface area contributed by atoms with E-state index in [0.29, 0.717) is 5.92 Å². The Balaban J connectivity index is 2.03. The van der Waals surface area contributed by atoms with Crippen LogP contribution in [0.1, 0.15) is 6.42 Å². The van der Waals surface area contributed by atoms with Crippen LogP contribution in [0, 0.1) is 16.6 Å². The molecule has 1 saturated heterocycles. The van der Waals surface area contributed by atoms with Crippen LogP contribution < -0.4 is 10.1 Å². The first kappa shape index (κ1) is 13.6. The van der Waals surface area contributed by atoms with E-state index < -0.39 is 0 Å². The molecule has 88 valence electrons. The monoisotopic (exact) mass is 555 g/mol. The molecule has 16 heavy (non-hydrogen) atoms. The smallest absolute Gasteiger partial charge is 0.146 e.